The fraction of sp³-hybridized carbons (Fsp3) is 0.571. The number of alkyl halides is 2. The summed E-state index contributed by atoms with van der Waals surface area (Å²) in [5.74, 6) is -3.10. The first-order valence-corrected chi connectivity index (χ1v) is 6.58. The van der Waals surface area contributed by atoms with Crippen molar-refractivity contribution in [2.75, 3.05) is 31.1 Å². The Morgan fingerprint density at radius 1 is 1.33 bits per heavy atom. The number of hydrogen-bond acceptors (Lipinski definition) is 2. The zero-order valence-corrected chi connectivity index (χ0v) is 10.3. The maximum Gasteiger partial charge on any atom is 0.255 e. The van der Waals surface area contributed by atoms with E-state index in [0.29, 0.717) is 19.6 Å². The molecule has 1 unspecified atom stereocenters. The SMILES string of the molecule is FC1(F)CCNCC1CN1CCc2ccccc21. The molecule has 2 aliphatic rings. The van der Waals surface area contributed by atoms with Crippen molar-refractivity contribution in [3.63, 3.8) is 0 Å². The van der Waals surface area contributed by atoms with Crippen molar-refractivity contribution in [2.24, 2.45) is 5.92 Å². The van der Waals surface area contributed by atoms with Crippen LogP contribution < -0.4 is 10.2 Å². The van der Waals surface area contributed by atoms with Crippen LogP contribution in [0.5, 0.6) is 0 Å². The van der Waals surface area contributed by atoms with Crippen molar-refractivity contribution < 1.29 is 8.78 Å². The van der Waals surface area contributed by atoms with Crippen LogP contribution in [0.25, 0.3) is 0 Å². The molecule has 18 heavy (non-hydrogen) atoms. The molecule has 1 fully saturated rings. The highest BCUT2D eigenvalue weighted by atomic mass is 19.3. The fourth-order valence-electron chi connectivity index (χ4n) is 2.95. The first kappa shape index (κ1) is 11.9. The molecule has 0 aliphatic carbocycles. The molecule has 2 nitrogen and oxygen atoms in total. The number of halogens is 2. The van der Waals surface area contributed by atoms with E-state index in [4.69, 9.17) is 0 Å². The third kappa shape index (κ3) is 2.09. The lowest BCUT2D eigenvalue weighted by Gasteiger charge is -2.35. The Bertz CT molecular complexity index is 434. The van der Waals surface area contributed by atoms with Gasteiger partial charge in [-0.25, -0.2) is 8.78 Å². The molecule has 0 spiro atoms. The van der Waals surface area contributed by atoms with E-state index in [1.54, 1.807) is 0 Å². The van der Waals surface area contributed by atoms with Gasteiger partial charge >= 0.3 is 0 Å². The van der Waals surface area contributed by atoms with Crippen molar-refractivity contribution in [2.45, 2.75) is 18.8 Å². The minimum atomic E-state index is -2.53. The monoisotopic (exact) mass is 252 g/mol. The summed E-state index contributed by atoms with van der Waals surface area (Å²) in [5.41, 5.74) is 2.42. The molecule has 0 bridgehead atoms. The average molecular weight is 252 g/mol. The van der Waals surface area contributed by atoms with Gasteiger partial charge in [0.25, 0.3) is 5.92 Å². The lowest BCUT2D eigenvalue weighted by atomic mass is 9.94. The van der Waals surface area contributed by atoms with Gasteiger partial charge in [0.2, 0.25) is 0 Å². The number of nitrogens with one attached hydrogen (secondary N) is 1. The van der Waals surface area contributed by atoms with E-state index in [0.717, 1.165) is 18.7 Å². The topological polar surface area (TPSA) is 15.3 Å². The molecule has 4 heteroatoms. The molecule has 1 N–H and O–H groups in total. The average Bonchev–Trinajstić information content (AvgIpc) is 2.75. The van der Waals surface area contributed by atoms with Gasteiger partial charge in [-0.3, -0.25) is 0 Å². The summed E-state index contributed by atoms with van der Waals surface area (Å²) in [6.07, 6.45) is 0.940. The van der Waals surface area contributed by atoms with Crippen molar-refractivity contribution in [3.8, 4) is 0 Å². The molecule has 3 rings (SSSR count). The molecule has 2 heterocycles. The Labute approximate surface area is 106 Å². The van der Waals surface area contributed by atoms with Gasteiger partial charge in [0.05, 0.1) is 5.92 Å². The van der Waals surface area contributed by atoms with Gasteiger partial charge < -0.3 is 10.2 Å². The third-order valence-corrected chi connectivity index (χ3v) is 4.05. The van der Waals surface area contributed by atoms with E-state index in [1.165, 1.54) is 5.56 Å². The van der Waals surface area contributed by atoms with Crippen molar-refractivity contribution >= 4 is 5.69 Å². The minimum absolute atomic E-state index is 0.0346. The van der Waals surface area contributed by atoms with Gasteiger partial charge in [-0.1, -0.05) is 18.2 Å². The Kier molecular flexibility index (Phi) is 2.98. The molecule has 0 aromatic heterocycles. The highest BCUT2D eigenvalue weighted by Gasteiger charge is 2.42. The molecular formula is C14H18F2N2. The smallest absolute Gasteiger partial charge is 0.255 e. The molecule has 1 saturated heterocycles. The predicted molar refractivity (Wildman–Crippen MR) is 68.3 cm³/mol. The number of rotatable bonds is 2. The third-order valence-electron chi connectivity index (χ3n) is 4.05. The van der Waals surface area contributed by atoms with Crippen LogP contribution in [-0.2, 0) is 6.42 Å². The Hall–Kier alpha value is -1.16. The summed E-state index contributed by atoms with van der Waals surface area (Å²) in [7, 11) is 0. The van der Waals surface area contributed by atoms with Gasteiger partial charge in [-0.15, -0.1) is 0 Å². The lowest BCUT2D eigenvalue weighted by molar-refractivity contribution is -0.0747. The summed E-state index contributed by atoms with van der Waals surface area (Å²) in [4.78, 5) is 2.11. The highest BCUT2D eigenvalue weighted by Crippen LogP contribution is 2.34. The van der Waals surface area contributed by atoms with E-state index in [-0.39, 0.29) is 6.42 Å². The molecule has 1 atom stereocenters. The van der Waals surface area contributed by atoms with Crippen LogP contribution in [0.15, 0.2) is 24.3 Å². The zero-order chi connectivity index (χ0) is 12.6. The summed E-state index contributed by atoms with van der Waals surface area (Å²) in [6.45, 7) is 2.18. The minimum Gasteiger partial charge on any atom is -0.370 e. The quantitative estimate of drug-likeness (QED) is 0.869. The number of hydrogen-bond donors (Lipinski definition) is 1. The number of anilines is 1. The predicted octanol–water partition coefficient (Wildman–Crippen LogP) is 2.29. The Balaban J connectivity index is 1.74. The Morgan fingerprint density at radius 3 is 3.00 bits per heavy atom. The van der Waals surface area contributed by atoms with E-state index < -0.39 is 11.8 Å². The van der Waals surface area contributed by atoms with Crippen LogP contribution in [0.1, 0.15) is 12.0 Å². The molecule has 0 saturated carbocycles. The second kappa shape index (κ2) is 4.50. The van der Waals surface area contributed by atoms with Crippen LogP contribution in [0.2, 0.25) is 0 Å². The number of fused-ring (bicyclic) bond motifs is 1. The molecule has 98 valence electrons. The van der Waals surface area contributed by atoms with Crippen LogP contribution in [-0.4, -0.2) is 32.1 Å². The van der Waals surface area contributed by atoms with Crippen LogP contribution in [0, 0.1) is 5.92 Å². The van der Waals surface area contributed by atoms with Crippen molar-refractivity contribution in [3.05, 3.63) is 29.8 Å². The second-order valence-corrected chi connectivity index (χ2v) is 5.24. The summed E-state index contributed by atoms with van der Waals surface area (Å²) < 4.78 is 27.7. The number of para-hydroxylation sites is 1. The molecule has 1 aromatic rings. The molecule has 0 radical (unpaired) electrons. The molecule has 1 aromatic carbocycles. The molecular weight excluding hydrogens is 234 g/mol. The second-order valence-electron chi connectivity index (χ2n) is 5.24. The number of benzene rings is 1. The summed E-state index contributed by atoms with van der Waals surface area (Å²) in [6, 6.07) is 8.12. The normalized spacial score (nSPS) is 26.1. The van der Waals surface area contributed by atoms with Crippen LogP contribution >= 0.6 is 0 Å². The highest BCUT2D eigenvalue weighted by molar-refractivity contribution is 5.57. The first-order chi connectivity index (χ1) is 8.67. The van der Waals surface area contributed by atoms with E-state index >= 15 is 0 Å². The van der Waals surface area contributed by atoms with Crippen molar-refractivity contribution in [1.29, 1.82) is 0 Å². The van der Waals surface area contributed by atoms with E-state index in [1.807, 2.05) is 18.2 Å². The number of piperidine rings is 1. The van der Waals surface area contributed by atoms with Gasteiger partial charge in [-0.2, -0.15) is 0 Å². The summed E-state index contributed by atoms with van der Waals surface area (Å²) >= 11 is 0. The van der Waals surface area contributed by atoms with E-state index in [9.17, 15) is 8.78 Å². The zero-order valence-electron chi connectivity index (χ0n) is 10.3. The van der Waals surface area contributed by atoms with Gasteiger partial charge in [0, 0.05) is 38.3 Å². The lowest BCUT2D eigenvalue weighted by Crippen LogP contribution is -2.49. The van der Waals surface area contributed by atoms with E-state index in [2.05, 4.69) is 16.3 Å². The maximum absolute atomic E-state index is 13.8. The van der Waals surface area contributed by atoms with Gasteiger partial charge in [-0.05, 0) is 18.1 Å². The molecule has 0 amide bonds. The van der Waals surface area contributed by atoms with Gasteiger partial charge in [0.15, 0.2) is 0 Å². The molecule has 2 aliphatic heterocycles. The number of nitrogens with zero attached hydrogens (tertiary/aromatic N) is 1. The van der Waals surface area contributed by atoms with Gasteiger partial charge in [0.1, 0.15) is 0 Å². The first-order valence-electron chi connectivity index (χ1n) is 6.58. The van der Waals surface area contributed by atoms with Crippen LogP contribution in [0.3, 0.4) is 0 Å². The standard InChI is InChI=1S/C14H18F2N2/c15-14(16)6-7-17-9-12(14)10-18-8-5-11-3-1-2-4-13(11)18/h1-4,12,17H,5-10H2. The van der Waals surface area contributed by atoms with Crippen molar-refractivity contribution in [1.82, 2.24) is 5.32 Å². The van der Waals surface area contributed by atoms with Crippen LogP contribution in [0.4, 0.5) is 14.5 Å². The largest absolute Gasteiger partial charge is 0.370 e. The fourth-order valence-corrected chi connectivity index (χ4v) is 2.95. The maximum atomic E-state index is 13.8. The summed E-state index contributed by atoms with van der Waals surface area (Å²) in [5, 5.41) is 3.08. The Morgan fingerprint density at radius 2 is 2.17 bits per heavy atom.